The van der Waals surface area contributed by atoms with Crippen molar-refractivity contribution in [3.63, 3.8) is 0 Å². The summed E-state index contributed by atoms with van der Waals surface area (Å²) in [5, 5.41) is 10.2. The lowest BCUT2D eigenvalue weighted by molar-refractivity contribution is -0.138. The third-order valence-electron chi connectivity index (χ3n) is 3.70. The number of sulfonamides is 1. The predicted molar refractivity (Wildman–Crippen MR) is 93.7 cm³/mol. The molecule has 0 aromatic heterocycles. The Hall–Kier alpha value is -2.16. The van der Waals surface area contributed by atoms with E-state index in [1.54, 1.807) is 18.2 Å². The van der Waals surface area contributed by atoms with E-state index in [2.05, 4.69) is 4.72 Å². The monoisotopic (exact) mass is 351 g/mol. The molecule has 0 aliphatic heterocycles. The summed E-state index contributed by atoms with van der Waals surface area (Å²) in [6.45, 7) is -0.0421. The molecule has 1 unspecified atom stereocenters. The zero-order valence-corrected chi connectivity index (χ0v) is 14.4. The SMILES string of the molecule is CN(C)c1cccc2c(S(=O)(=O)NCCC(N)C(=O)O)cccc12. The van der Waals surface area contributed by atoms with Gasteiger partial charge in [-0.1, -0.05) is 24.3 Å². The van der Waals surface area contributed by atoms with E-state index in [1.165, 1.54) is 6.07 Å². The third kappa shape index (κ3) is 3.84. The van der Waals surface area contributed by atoms with E-state index in [0.717, 1.165) is 11.1 Å². The number of hydrogen-bond acceptors (Lipinski definition) is 5. The molecule has 7 nitrogen and oxygen atoms in total. The molecule has 24 heavy (non-hydrogen) atoms. The van der Waals surface area contributed by atoms with Crippen LogP contribution < -0.4 is 15.4 Å². The van der Waals surface area contributed by atoms with Crippen LogP contribution >= 0.6 is 0 Å². The molecule has 0 saturated carbocycles. The maximum atomic E-state index is 12.6. The molecule has 8 heteroatoms. The van der Waals surface area contributed by atoms with Gasteiger partial charge in [-0.2, -0.15) is 0 Å². The van der Waals surface area contributed by atoms with Gasteiger partial charge in [-0.3, -0.25) is 4.79 Å². The zero-order valence-electron chi connectivity index (χ0n) is 13.6. The Labute approximate surface area is 141 Å². The molecule has 130 valence electrons. The van der Waals surface area contributed by atoms with Crippen LogP contribution in [0.2, 0.25) is 0 Å². The van der Waals surface area contributed by atoms with E-state index in [-0.39, 0.29) is 17.9 Å². The third-order valence-corrected chi connectivity index (χ3v) is 5.21. The summed E-state index contributed by atoms with van der Waals surface area (Å²) >= 11 is 0. The van der Waals surface area contributed by atoms with E-state index in [9.17, 15) is 13.2 Å². The second kappa shape index (κ2) is 7.16. The van der Waals surface area contributed by atoms with E-state index in [4.69, 9.17) is 10.8 Å². The molecule has 0 spiro atoms. The van der Waals surface area contributed by atoms with Gasteiger partial charge in [0, 0.05) is 37.1 Å². The molecule has 0 amide bonds. The van der Waals surface area contributed by atoms with Crippen molar-refractivity contribution < 1.29 is 18.3 Å². The molecular weight excluding hydrogens is 330 g/mol. The van der Waals surface area contributed by atoms with Gasteiger partial charge in [0.25, 0.3) is 0 Å². The summed E-state index contributed by atoms with van der Waals surface area (Å²) in [7, 11) is 0.0130. The van der Waals surface area contributed by atoms with Gasteiger partial charge in [0.15, 0.2) is 0 Å². The van der Waals surface area contributed by atoms with Crippen LogP contribution in [0.15, 0.2) is 41.3 Å². The van der Waals surface area contributed by atoms with E-state index >= 15 is 0 Å². The number of benzene rings is 2. The van der Waals surface area contributed by atoms with Crippen molar-refractivity contribution in [3.05, 3.63) is 36.4 Å². The van der Waals surface area contributed by atoms with Crippen molar-refractivity contribution in [3.8, 4) is 0 Å². The number of fused-ring (bicyclic) bond motifs is 1. The fourth-order valence-electron chi connectivity index (χ4n) is 2.44. The highest BCUT2D eigenvalue weighted by Gasteiger charge is 2.19. The first kappa shape index (κ1) is 18.2. The Morgan fingerprint density at radius 1 is 1.21 bits per heavy atom. The average molecular weight is 351 g/mol. The number of carbonyl (C=O) groups is 1. The first-order valence-electron chi connectivity index (χ1n) is 7.41. The first-order valence-corrected chi connectivity index (χ1v) is 8.89. The minimum Gasteiger partial charge on any atom is -0.480 e. The summed E-state index contributed by atoms with van der Waals surface area (Å²) in [6.07, 6.45) is 0.0161. The molecule has 0 aliphatic carbocycles. The lowest BCUT2D eigenvalue weighted by Crippen LogP contribution is -2.35. The van der Waals surface area contributed by atoms with Crippen molar-refractivity contribution in [2.24, 2.45) is 5.73 Å². The smallest absolute Gasteiger partial charge is 0.320 e. The highest BCUT2D eigenvalue weighted by molar-refractivity contribution is 7.89. The Morgan fingerprint density at radius 3 is 2.46 bits per heavy atom. The fraction of sp³-hybridized carbons (Fsp3) is 0.312. The van der Waals surface area contributed by atoms with Gasteiger partial charge in [0.1, 0.15) is 6.04 Å². The molecular formula is C16H21N3O4S. The minimum absolute atomic E-state index is 0.0161. The van der Waals surface area contributed by atoms with E-state index < -0.39 is 22.0 Å². The van der Waals surface area contributed by atoms with Crippen molar-refractivity contribution in [1.29, 1.82) is 0 Å². The zero-order chi connectivity index (χ0) is 17.9. The van der Waals surface area contributed by atoms with Crippen LogP contribution in [0.4, 0.5) is 5.69 Å². The number of hydrogen-bond donors (Lipinski definition) is 3. The standard InChI is InChI=1S/C16H21N3O4S/c1-19(2)14-7-3-6-12-11(14)5-4-8-15(12)24(22,23)18-10-9-13(17)16(20)21/h3-8,13,18H,9-10,17H2,1-2H3,(H,20,21). The Balaban J connectivity index is 2.34. The molecule has 0 bridgehead atoms. The molecule has 2 aromatic carbocycles. The molecule has 0 radical (unpaired) electrons. The van der Waals surface area contributed by atoms with Crippen LogP contribution in [0.1, 0.15) is 6.42 Å². The van der Waals surface area contributed by atoms with Gasteiger partial charge in [-0.25, -0.2) is 13.1 Å². The Morgan fingerprint density at radius 2 is 1.83 bits per heavy atom. The van der Waals surface area contributed by atoms with Crippen molar-refractivity contribution >= 4 is 32.5 Å². The van der Waals surface area contributed by atoms with Crippen molar-refractivity contribution in [2.45, 2.75) is 17.4 Å². The number of nitrogens with one attached hydrogen (secondary N) is 1. The minimum atomic E-state index is -3.77. The molecule has 2 aromatic rings. The molecule has 4 N–H and O–H groups in total. The van der Waals surface area contributed by atoms with Crippen LogP contribution in [0, 0.1) is 0 Å². The molecule has 0 saturated heterocycles. The fourth-order valence-corrected chi connectivity index (χ4v) is 3.71. The van der Waals surface area contributed by atoms with Gasteiger partial charge >= 0.3 is 5.97 Å². The number of nitrogens with zero attached hydrogens (tertiary/aromatic N) is 1. The maximum Gasteiger partial charge on any atom is 0.320 e. The molecule has 2 rings (SSSR count). The number of carboxylic acid groups (broad SMARTS) is 1. The second-order valence-corrected chi connectivity index (χ2v) is 7.39. The van der Waals surface area contributed by atoms with Crippen LogP contribution in [0.5, 0.6) is 0 Å². The lowest BCUT2D eigenvalue weighted by Gasteiger charge is -2.17. The average Bonchev–Trinajstić information content (AvgIpc) is 2.53. The van der Waals surface area contributed by atoms with Crippen LogP contribution in [0.25, 0.3) is 10.8 Å². The summed E-state index contributed by atoms with van der Waals surface area (Å²) in [5.41, 5.74) is 6.30. The highest BCUT2D eigenvalue weighted by atomic mass is 32.2. The Kier molecular flexibility index (Phi) is 5.43. The van der Waals surface area contributed by atoms with Gasteiger partial charge in [-0.15, -0.1) is 0 Å². The van der Waals surface area contributed by atoms with Crippen molar-refractivity contribution in [1.82, 2.24) is 4.72 Å². The largest absolute Gasteiger partial charge is 0.480 e. The predicted octanol–water partition coefficient (Wildman–Crippen LogP) is 0.986. The van der Waals surface area contributed by atoms with E-state index in [1.807, 2.05) is 31.1 Å². The normalized spacial score (nSPS) is 13.0. The first-order chi connectivity index (χ1) is 11.2. The van der Waals surface area contributed by atoms with Gasteiger partial charge in [0.05, 0.1) is 4.90 Å². The quantitative estimate of drug-likeness (QED) is 0.685. The summed E-state index contributed by atoms with van der Waals surface area (Å²) in [6, 6.07) is 9.45. The van der Waals surface area contributed by atoms with Gasteiger partial charge in [-0.05, 0) is 18.6 Å². The van der Waals surface area contributed by atoms with Crippen LogP contribution in [-0.2, 0) is 14.8 Å². The topological polar surface area (TPSA) is 113 Å². The van der Waals surface area contributed by atoms with Crippen LogP contribution in [-0.4, -0.2) is 46.2 Å². The number of anilines is 1. The van der Waals surface area contributed by atoms with Crippen molar-refractivity contribution in [2.75, 3.05) is 25.5 Å². The molecule has 0 heterocycles. The number of aliphatic carboxylic acids is 1. The highest BCUT2D eigenvalue weighted by Crippen LogP contribution is 2.29. The summed E-state index contributed by atoms with van der Waals surface area (Å²) in [5.74, 6) is -1.16. The lowest BCUT2D eigenvalue weighted by atomic mass is 10.1. The Bertz CT molecular complexity index is 850. The van der Waals surface area contributed by atoms with Gasteiger partial charge < -0.3 is 15.7 Å². The number of carboxylic acids is 1. The number of rotatable bonds is 7. The number of nitrogens with two attached hydrogens (primary N) is 1. The molecule has 1 atom stereocenters. The molecule has 0 fully saturated rings. The summed E-state index contributed by atoms with van der Waals surface area (Å²) in [4.78, 5) is 12.8. The molecule has 0 aliphatic rings. The van der Waals surface area contributed by atoms with Crippen LogP contribution in [0.3, 0.4) is 0 Å². The van der Waals surface area contributed by atoms with E-state index in [0.29, 0.717) is 5.39 Å². The second-order valence-electron chi connectivity index (χ2n) is 5.65. The van der Waals surface area contributed by atoms with Gasteiger partial charge in [0.2, 0.25) is 10.0 Å². The maximum absolute atomic E-state index is 12.6. The summed E-state index contributed by atoms with van der Waals surface area (Å²) < 4.78 is 27.5.